The van der Waals surface area contributed by atoms with Crippen LogP contribution >= 0.6 is 0 Å². The Balaban J connectivity index is 1.89. The number of aliphatic hydroxyl groups is 1. The largest absolute Gasteiger partial charge is 0.395 e. The Labute approximate surface area is 148 Å². The molecule has 130 valence electrons. The van der Waals surface area contributed by atoms with Gasteiger partial charge in [-0.3, -0.25) is 4.40 Å². The number of aliphatic hydroxyl groups excluding tert-OH is 1. The van der Waals surface area contributed by atoms with Gasteiger partial charge in [0.1, 0.15) is 5.82 Å². The highest BCUT2D eigenvalue weighted by atomic mass is 16.3. The molecule has 1 aromatic carbocycles. The zero-order valence-corrected chi connectivity index (χ0v) is 15.2. The molecule has 1 aliphatic carbocycles. The normalized spacial score (nSPS) is 16.8. The highest BCUT2D eigenvalue weighted by molar-refractivity contribution is 5.53. The minimum absolute atomic E-state index is 0.0465. The molecule has 4 nitrogen and oxygen atoms in total. The highest BCUT2D eigenvalue weighted by Crippen LogP contribution is 2.48. The number of benzene rings is 1. The Kier molecular flexibility index (Phi) is 3.69. The van der Waals surface area contributed by atoms with Gasteiger partial charge in [-0.05, 0) is 31.4 Å². The molecule has 25 heavy (non-hydrogen) atoms. The molecule has 4 rings (SSSR count). The van der Waals surface area contributed by atoms with Crippen molar-refractivity contribution in [1.29, 1.82) is 0 Å². The van der Waals surface area contributed by atoms with Crippen molar-refractivity contribution in [2.24, 2.45) is 0 Å². The first-order chi connectivity index (χ1) is 12.0. The van der Waals surface area contributed by atoms with Crippen molar-refractivity contribution >= 4 is 5.65 Å². The maximum atomic E-state index is 9.78. The Morgan fingerprint density at radius 3 is 2.44 bits per heavy atom. The van der Waals surface area contributed by atoms with E-state index >= 15 is 0 Å². The smallest absolute Gasteiger partial charge is 0.164 e. The Hall–Kier alpha value is -2.20. The van der Waals surface area contributed by atoms with Crippen LogP contribution in [0.3, 0.4) is 0 Å². The van der Waals surface area contributed by atoms with Crippen molar-refractivity contribution in [3.8, 4) is 0 Å². The van der Waals surface area contributed by atoms with Gasteiger partial charge in [0, 0.05) is 17.2 Å². The van der Waals surface area contributed by atoms with Gasteiger partial charge in [0.25, 0.3) is 0 Å². The summed E-state index contributed by atoms with van der Waals surface area (Å²) < 4.78 is 2.13. The summed E-state index contributed by atoms with van der Waals surface area (Å²) in [6.07, 6.45) is 5.47. The molecule has 4 heteroatoms. The second kappa shape index (κ2) is 5.67. The molecule has 2 heterocycles. The molecule has 0 atom stereocenters. The summed E-state index contributed by atoms with van der Waals surface area (Å²) in [6, 6.07) is 12.9. The summed E-state index contributed by atoms with van der Waals surface area (Å²) in [5.41, 5.74) is 4.10. The summed E-state index contributed by atoms with van der Waals surface area (Å²) >= 11 is 0. The summed E-state index contributed by atoms with van der Waals surface area (Å²) in [5.74, 6) is 1.02. The van der Waals surface area contributed by atoms with E-state index < -0.39 is 0 Å². The van der Waals surface area contributed by atoms with Crippen molar-refractivity contribution in [2.45, 2.75) is 50.9 Å². The second-order valence-electron chi connectivity index (χ2n) is 7.98. The Morgan fingerprint density at radius 2 is 1.84 bits per heavy atom. The molecule has 0 unspecified atom stereocenters. The third-order valence-electron chi connectivity index (χ3n) is 5.80. The number of nitrogens with zero attached hydrogens (tertiary/aromatic N) is 3. The van der Waals surface area contributed by atoms with Crippen LogP contribution in [0.15, 0.2) is 42.6 Å². The summed E-state index contributed by atoms with van der Waals surface area (Å²) in [4.78, 5) is 0. The van der Waals surface area contributed by atoms with Crippen LogP contribution < -0.4 is 0 Å². The fraction of sp³-hybridized carbons (Fsp3) is 0.429. The van der Waals surface area contributed by atoms with E-state index in [0.717, 1.165) is 29.9 Å². The van der Waals surface area contributed by atoms with Crippen LogP contribution in [-0.2, 0) is 10.8 Å². The van der Waals surface area contributed by atoms with Gasteiger partial charge in [-0.25, -0.2) is 0 Å². The molecular formula is C21H25N3O. The lowest BCUT2D eigenvalue weighted by Gasteiger charge is -2.41. The van der Waals surface area contributed by atoms with Crippen molar-refractivity contribution in [3.63, 3.8) is 0 Å². The van der Waals surface area contributed by atoms with Crippen molar-refractivity contribution in [3.05, 3.63) is 65.1 Å². The van der Waals surface area contributed by atoms with E-state index in [-0.39, 0.29) is 17.4 Å². The molecule has 0 saturated heterocycles. The number of hydrogen-bond donors (Lipinski definition) is 1. The molecule has 1 N–H and O–H groups in total. The van der Waals surface area contributed by atoms with E-state index in [1.54, 1.807) is 0 Å². The number of rotatable bonds is 4. The van der Waals surface area contributed by atoms with E-state index in [4.69, 9.17) is 0 Å². The molecular weight excluding hydrogens is 310 g/mol. The molecule has 0 aliphatic heterocycles. The maximum Gasteiger partial charge on any atom is 0.164 e. The molecule has 0 radical (unpaired) electrons. The molecule has 1 saturated carbocycles. The molecule has 1 aliphatic rings. The van der Waals surface area contributed by atoms with Crippen LogP contribution in [0.5, 0.6) is 0 Å². The molecule has 0 spiro atoms. The average Bonchev–Trinajstić information content (AvgIpc) is 3.00. The first kappa shape index (κ1) is 16.3. The topological polar surface area (TPSA) is 50.4 Å². The zero-order valence-electron chi connectivity index (χ0n) is 15.2. The molecule has 3 aromatic rings. The Morgan fingerprint density at radius 1 is 1.12 bits per heavy atom. The molecule has 0 bridgehead atoms. The molecule has 2 aromatic heterocycles. The van der Waals surface area contributed by atoms with Gasteiger partial charge >= 0.3 is 0 Å². The predicted molar refractivity (Wildman–Crippen MR) is 98.9 cm³/mol. The van der Waals surface area contributed by atoms with Gasteiger partial charge in [-0.15, -0.1) is 10.2 Å². The van der Waals surface area contributed by atoms with Gasteiger partial charge < -0.3 is 5.11 Å². The van der Waals surface area contributed by atoms with Crippen LogP contribution in [0.1, 0.15) is 55.6 Å². The molecule has 1 fully saturated rings. The van der Waals surface area contributed by atoms with Crippen LogP contribution in [0.4, 0.5) is 0 Å². The van der Waals surface area contributed by atoms with Gasteiger partial charge in [-0.1, -0.05) is 56.2 Å². The number of fused-ring (bicyclic) bond motifs is 1. The summed E-state index contributed by atoms with van der Waals surface area (Å²) in [5, 5.41) is 18.9. The minimum Gasteiger partial charge on any atom is -0.395 e. The maximum absolute atomic E-state index is 9.78. The van der Waals surface area contributed by atoms with Crippen LogP contribution in [0.2, 0.25) is 0 Å². The fourth-order valence-corrected chi connectivity index (χ4v) is 3.90. The predicted octanol–water partition coefficient (Wildman–Crippen LogP) is 3.78. The van der Waals surface area contributed by atoms with Gasteiger partial charge in [0.15, 0.2) is 5.65 Å². The lowest BCUT2D eigenvalue weighted by atomic mass is 9.63. The van der Waals surface area contributed by atoms with E-state index in [0.29, 0.717) is 0 Å². The van der Waals surface area contributed by atoms with E-state index in [2.05, 4.69) is 52.0 Å². The minimum atomic E-state index is -0.344. The van der Waals surface area contributed by atoms with Crippen LogP contribution in [-0.4, -0.2) is 26.3 Å². The summed E-state index contributed by atoms with van der Waals surface area (Å²) in [6.45, 7) is 6.27. The van der Waals surface area contributed by atoms with Crippen molar-refractivity contribution in [2.75, 3.05) is 6.61 Å². The lowest BCUT2D eigenvalue weighted by Crippen LogP contribution is -2.37. The van der Waals surface area contributed by atoms with Crippen molar-refractivity contribution < 1.29 is 5.11 Å². The molecule has 0 amide bonds. The quantitative estimate of drug-likeness (QED) is 0.789. The second-order valence-corrected chi connectivity index (χ2v) is 7.98. The standard InChI is InChI=1S/C21H25N3O/c1-15-7-9-16(10-8-15)21(11-5-12-21)19-23-22-18-17(20(2,3)14-25)6-4-13-24(18)19/h4,6-10,13,25H,5,11-12,14H2,1-3H3. The monoisotopic (exact) mass is 335 g/mol. The average molecular weight is 335 g/mol. The highest BCUT2D eigenvalue weighted by Gasteiger charge is 2.44. The van der Waals surface area contributed by atoms with Crippen LogP contribution in [0.25, 0.3) is 5.65 Å². The lowest BCUT2D eigenvalue weighted by molar-refractivity contribution is 0.219. The first-order valence-electron chi connectivity index (χ1n) is 9.01. The third-order valence-corrected chi connectivity index (χ3v) is 5.80. The van der Waals surface area contributed by atoms with Crippen molar-refractivity contribution in [1.82, 2.24) is 14.6 Å². The van der Waals surface area contributed by atoms with E-state index in [1.807, 2.05) is 26.0 Å². The number of aryl methyl sites for hydroxylation is 1. The fourth-order valence-electron chi connectivity index (χ4n) is 3.90. The van der Waals surface area contributed by atoms with E-state index in [1.165, 1.54) is 17.5 Å². The number of pyridine rings is 1. The summed E-state index contributed by atoms with van der Waals surface area (Å²) in [7, 11) is 0. The van der Waals surface area contributed by atoms with Gasteiger partial charge in [0.2, 0.25) is 0 Å². The van der Waals surface area contributed by atoms with E-state index in [9.17, 15) is 5.11 Å². The number of hydrogen-bond acceptors (Lipinski definition) is 3. The third kappa shape index (κ3) is 2.39. The first-order valence-corrected chi connectivity index (χ1v) is 9.01. The Bertz CT molecular complexity index is 905. The van der Waals surface area contributed by atoms with Crippen LogP contribution in [0, 0.1) is 6.92 Å². The van der Waals surface area contributed by atoms with Gasteiger partial charge in [-0.2, -0.15) is 0 Å². The number of aromatic nitrogens is 3. The zero-order chi connectivity index (χ0) is 17.7. The van der Waals surface area contributed by atoms with Gasteiger partial charge in [0.05, 0.1) is 12.0 Å². The SMILES string of the molecule is Cc1ccc(C2(c3nnc4c(C(C)(C)CO)cccn34)CCC2)cc1.